The number of benzene rings is 1. The quantitative estimate of drug-likeness (QED) is 0.485. The summed E-state index contributed by atoms with van der Waals surface area (Å²) in [7, 11) is 3.50. The molecule has 200 valence electrons. The van der Waals surface area contributed by atoms with Crippen molar-refractivity contribution in [2.75, 3.05) is 27.2 Å². The lowest BCUT2D eigenvalue weighted by atomic mass is 9.78. The predicted molar refractivity (Wildman–Crippen MR) is 143 cm³/mol. The number of fused-ring (bicyclic) bond motifs is 7. The summed E-state index contributed by atoms with van der Waals surface area (Å²) in [6.45, 7) is 1.39. The lowest BCUT2D eigenvalue weighted by Gasteiger charge is -2.41. The Morgan fingerprint density at radius 3 is 2.79 bits per heavy atom. The van der Waals surface area contributed by atoms with Crippen molar-refractivity contribution in [2.24, 2.45) is 0 Å². The average Bonchev–Trinajstić information content (AvgIpc) is 3.26. The van der Waals surface area contributed by atoms with Crippen LogP contribution in [0.4, 0.5) is 0 Å². The van der Waals surface area contributed by atoms with E-state index in [1.54, 1.807) is 24.4 Å². The third kappa shape index (κ3) is 3.59. The Labute approximate surface area is 226 Å². The standard InChI is InChI=1S/C30H31N5O4/c1-33-25-5-9-30(33,15-26-22-4-3-21(39-2)14-18(22)7-12-35(26)28(25)37)27(36)29(38)34-11-8-24-20(17-34)13-19-16-31-10-6-23(19)32-24/h3-4,6,10,13-14,16,25-26H,5,7-9,11-12,15,17H2,1-2H3. The van der Waals surface area contributed by atoms with Crippen LogP contribution in [0.15, 0.2) is 42.7 Å². The minimum Gasteiger partial charge on any atom is -0.497 e. The Morgan fingerprint density at radius 1 is 1.08 bits per heavy atom. The van der Waals surface area contributed by atoms with Gasteiger partial charge in [0, 0.05) is 49.5 Å². The molecule has 0 aliphatic carbocycles. The molecular weight excluding hydrogens is 494 g/mol. The fourth-order valence-electron chi connectivity index (χ4n) is 7.25. The van der Waals surface area contributed by atoms with Gasteiger partial charge in [0.15, 0.2) is 0 Å². The van der Waals surface area contributed by atoms with Gasteiger partial charge in [-0.25, -0.2) is 0 Å². The summed E-state index contributed by atoms with van der Waals surface area (Å²) in [5.41, 5.74) is 3.97. The summed E-state index contributed by atoms with van der Waals surface area (Å²) in [5, 5.41) is 0.920. The fourth-order valence-corrected chi connectivity index (χ4v) is 7.25. The highest BCUT2D eigenvalue weighted by Gasteiger charge is 2.59. The van der Waals surface area contributed by atoms with Crippen LogP contribution < -0.4 is 4.74 Å². The molecule has 2 amide bonds. The summed E-state index contributed by atoms with van der Waals surface area (Å²) in [6.07, 6.45) is 6.34. The average molecular weight is 526 g/mol. The summed E-state index contributed by atoms with van der Waals surface area (Å²) in [5.74, 6) is -0.0278. The second-order valence-electron chi connectivity index (χ2n) is 11.2. The highest BCUT2D eigenvalue weighted by atomic mass is 16.5. The molecule has 3 aromatic rings. The molecule has 7 rings (SSSR count). The number of nitrogens with zero attached hydrogens (tertiary/aromatic N) is 5. The number of rotatable bonds is 3. The van der Waals surface area contributed by atoms with E-state index in [9.17, 15) is 14.4 Å². The number of aromatic nitrogens is 2. The van der Waals surface area contributed by atoms with Gasteiger partial charge in [-0.1, -0.05) is 6.07 Å². The van der Waals surface area contributed by atoms with Crippen LogP contribution in [0, 0.1) is 0 Å². The number of methoxy groups -OCH3 is 1. The lowest BCUT2D eigenvalue weighted by molar-refractivity contribution is -0.151. The molecule has 9 heteroatoms. The van der Waals surface area contributed by atoms with E-state index in [0.717, 1.165) is 45.5 Å². The van der Waals surface area contributed by atoms with Crippen LogP contribution >= 0.6 is 0 Å². The topological polar surface area (TPSA) is 95.9 Å². The number of hydrogen-bond donors (Lipinski definition) is 0. The molecule has 3 unspecified atom stereocenters. The van der Waals surface area contributed by atoms with Crippen LogP contribution in [0.5, 0.6) is 5.75 Å². The van der Waals surface area contributed by atoms with Crippen molar-refractivity contribution in [1.82, 2.24) is 24.7 Å². The molecule has 0 radical (unpaired) electrons. The molecule has 2 bridgehead atoms. The molecule has 4 aliphatic heterocycles. The number of amides is 2. The first-order chi connectivity index (χ1) is 18.9. The summed E-state index contributed by atoms with van der Waals surface area (Å²) in [4.78, 5) is 56.3. The molecule has 0 spiro atoms. The zero-order chi connectivity index (χ0) is 26.9. The second-order valence-corrected chi connectivity index (χ2v) is 11.2. The maximum atomic E-state index is 14.2. The number of Topliss-reactive ketones (excluding diaryl/α,β-unsaturated/α-hetero) is 1. The van der Waals surface area contributed by atoms with E-state index >= 15 is 0 Å². The van der Waals surface area contributed by atoms with Crippen LogP contribution in [-0.4, -0.2) is 81.1 Å². The number of hydrogen-bond acceptors (Lipinski definition) is 7. The van der Waals surface area contributed by atoms with Gasteiger partial charge in [0.1, 0.15) is 5.75 Å². The van der Waals surface area contributed by atoms with Gasteiger partial charge in [0.2, 0.25) is 11.7 Å². The number of pyridine rings is 2. The summed E-state index contributed by atoms with van der Waals surface area (Å²) >= 11 is 0. The van der Waals surface area contributed by atoms with Gasteiger partial charge in [-0.05, 0) is 73.7 Å². The number of likely N-dealkylation sites (N-methyl/N-ethyl adjacent to an activating group) is 1. The number of ether oxygens (including phenoxy) is 1. The van der Waals surface area contributed by atoms with Gasteiger partial charge in [-0.2, -0.15) is 0 Å². The first-order valence-corrected chi connectivity index (χ1v) is 13.7. The Bertz CT molecular complexity index is 1540. The Balaban J connectivity index is 1.21. The van der Waals surface area contributed by atoms with Gasteiger partial charge in [0.05, 0.1) is 30.2 Å². The maximum absolute atomic E-state index is 14.2. The molecule has 0 N–H and O–H groups in total. The molecule has 1 aromatic carbocycles. The minimum absolute atomic E-state index is 0.0575. The molecule has 0 saturated carbocycles. The SMILES string of the molecule is COc1ccc2c(c1)CCN1C(=O)C3CCC(C(=O)C(=O)N4CCc5nc6ccncc6cc5C4)(CC21)N3C. The van der Waals surface area contributed by atoms with Crippen molar-refractivity contribution in [1.29, 1.82) is 0 Å². The first kappa shape index (κ1) is 24.2. The number of carbonyl (C=O) groups is 3. The molecule has 2 aromatic heterocycles. The Kier molecular flexibility index (Phi) is 5.49. The third-order valence-electron chi connectivity index (χ3n) is 9.45. The molecule has 6 heterocycles. The molecule has 2 fully saturated rings. The lowest BCUT2D eigenvalue weighted by Crippen LogP contribution is -2.57. The van der Waals surface area contributed by atoms with Crippen molar-refractivity contribution in [3.05, 3.63) is 65.1 Å². The monoisotopic (exact) mass is 525 g/mol. The van der Waals surface area contributed by atoms with Gasteiger partial charge in [-0.3, -0.25) is 29.3 Å². The highest BCUT2D eigenvalue weighted by Crippen LogP contribution is 2.48. The van der Waals surface area contributed by atoms with E-state index in [4.69, 9.17) is 9.72 Å². The van der Waals surface area contributed by atoms with Gasteiger partial charge >= 0.3 is 0 Å². The molecule has 9 nitrogen and oxygen atoms in total. The zero-order valence-electron chi connectivity index (χ0n) is 22.2. The van der Waals surface area contributed by atoms with Gasteiger partial charge in [-0.15, -0.1) is 0 Å². The van der Waals surface area contributed by atoms with Crippen LogP contribution in [0.1, 0.15) is 47.7 Å². The van der Waals surface area contributed by atoms with Crippen molar-refractivity contribution in [3.8, 4) is 5.75 Å². The number of carbonyl (C=O) groups excluding carboxylic acids is 3. The Hall–Kier alpha value is -3.85. The highest BCUT2D eigenvalue weighted by molar-refractivity contribution is 6.39. The fraction of sp³-hybridized carbons (Fsp3) is 0.433. The largest absolute Gasteiger partial charge is 0.497 e. The molecule has 4 aliphatic rings. The van der Waals surface area contributed by atoms with Crippen LogP contribution in [-0.2, 0) is 33.8 Å². The molecule has 39 heavy (non-hydrogen) atoms. The van der Waals surface area contributed by atoms with Crippen LogP contribution in [0.3, 0.4) is 0 Å². The van der Waals surface area contributed by atoms with Gasteiger partial charge in [0.25, 0.3) is 5.91 Å². The third-order valence-corrected chi connectivity index (χ3v) is 9.45. The van der Waals surface area contributed by atoms with E-state index in [-0.39, 0.29) is 11.9 Å². The van der Waals surface area contributed by atoms with Crippen LogP contribution in [0.25, 0.3) is 10.9 Å². The van der Waals surface area contributed by atoms with Crippen molar-refractivity contribution in [3.63, 3.8) is 0 Å². The minimum atomic E-state index is -1.02. The van der Waals surface area contributed by atoms with Crippen LogP contribution in [0.2, 0.25) is 0 Å². The van der Waals surface area contributed by atoms with Gasteiger partial charge < -0.3 is 14.5 Å². The Morgan fingerprint density at radius 2 is 1.95 bits per heavy atom. The van der Waals surface area contributed by atoms with Crippen molar-refractivity contribution < 1.29 is 19.1 Å². The van der Waals surface area contributed by atoms with E-state index in [0.29, 0.717) is 45.3 Å². The molecule has 3 atom stereocenters. The second kappa shape index (κ2) is 8.84. The predicted octanol–water partition coefficient (Wildman–Crippen LogP) is 2.45. The maximum Gasteiger partial charge on any atom is 0.292 e. The zero-order valence-corrected chi connectivity index (χ0v) is 22.2. The van der Waals surface area contributed by atoms with E-state index in [2.05, 4.69) is 4.98 Å². The number of ketones is 1. The van der Waals surface area contributed by atoms with E-state index in [1.165, 1.54) is 0 Å². The van der Waals surface area contributed by atoms with Crippen molar-refractivity contribution in [2.45, 2.75) is 56.3 Å². The van der Waals surface area contributed by atoms with E-state index in [1.807, 2.05) is 47.2 Å². The molecule has 2 saturated heterocycles. The normalized spacial score (nSPS) is 26.1. The smallest absolute Gasteiger partial charge is 0.292 e. The van der Waals surface area contributed by atoms with Crippen molar-refractivity contribution >= 4 is 28.5 Å². The summed E-state index contributed by atoms with van der Waals surface area (Å²) < 4.78 is 5.43. The molecular formula is C30H31N5O4. The summed E-state index contributed by atoms with van der Waals surface area (Å²) in [6, 6.07) is 9.24. The van der Waals surface area contributed by atoms with E-state index < -0.39 is 23.3 Å². The first-order valence-electron chi connectivity index (χ1n) is 13.7.